The lowest BCUT2D eigenvalue weighted by molar-refractivity contribution is -0.141. The summed E-state index contributed by atoms with van der Waals surface area (Å²) >= 11 is 0. The van der Waals surface area contributed by atoms with Gasteiger partial charge in [0.15, 0.2) is 0 Å². The van der Waals surface area contributed by atoms with Crippen LogP contribution in [0, 0.1) is 11.3 Å². The molecule has 0 amide bonds. The summed E-state index contributed by atoms with van der Waals surface area (Å²) in [5, 5.41) is 9.25. The SMILES string of the molecule is CC(C)(C)c1ccc(Oc2ccnc(C(F)(F)F)c2)c(C#N)c1. The van der Waals surface area contributed by atoms with E-state index in [4.69, 9.17) is 4.74 Å². The monoisotopic (exact) mass is 320 g/mol. The first kappa shape index (κ1) is 16.8. The fourth-order valence-electron chi connectivity index (χ4n) is 1.93. The molecule has 0 saturated carbocycles. The van der Waals surface area contributed by atoms with Gasteiger partial charge in [0.25, 0.3) is 0 Å². The molecule has 0 bridgehead atoms. The molecule has 3 nitrogen and oxygen atoms in total. The topological polar surface area (TPSA) is 45.9 Å². The molecule has 23 heavy (non-hydrogen) atoms. The number of halogens is 3. The van der Waals surface area contributed by atoms with Crippen LogP contribution in [0.3, 0.4) is 0 Å². The van der Waals surface area contributed by atoms with Crippen molar-refractivity contribution in [1.29, 1.82) is 5.26 Å². The molecular weight excluding hydrogens is 305 g/mol. The number of hydrogen-bond acceptors (Lipinski definition) is 3. The minimum Gasteiger partial charge on any atom is -0.456 e. The van der Waals surface area contributed by atoms with Gasteiger partial charge in [-0.3, -0.25) is 4.98 Å². The van der Waals surface area contributed by atoms with Crippen LogP contribution in [-0.2, 0) is 11.6 Å². The Balaban J connectivity index is 2.36. The van der Waals surface area contributed by atoms with Crippen molar-refractivity contribution in [2.45, 2.75) is 32.4 Å². The van der Waals surface area contributed by atoms with E-state index in [0.717, 1.165) is 17.8 Å². The highest BCUT2D eigenvalue weighted by Crippen LogP contribution is 2.33. The van der Waals surface area contributed by atoms with E-state index in [1.165, 1.54) is 6.07 Å². The second-order valence-electron chi connectivity index (χ2n) is 6.05. The number of alkyl halides is 3. The van der Waals surface area contributed by atoms with Crippen LogP contribution in [0.15, 0.2) is 36.5 Å². The summed E-state index contributed by atoms with van der Waals surface area (Å²) in [5.41, 5.74) is 0.0132. The molecule has 0 aliphatic carbocycles. The molecule has 0 fully saturated rings. The minimum absolute atomic E-state index is 0.0210. The van der Waals surface area contributed by atoms with Gasteiger partial charge in [-0.05, 0) is 29.2 Å². The van der Waals surface area contributed by atoms with Crippen molar-refractivity contribution >= 4 is 0 Å². The normalized spacial score (nSPS) is 11.9. The highest BCUT2D eigenvalue weighted by Gasteiger charge is 2.32. The zero-order chi connectivity index (χ0) is 17.3. The minimum atomic E-state index is -4.55. The van der Waals surface area contributed by atoms with Crippen LogP contribution < -0.4 is 4.74 Å². The molecule has 1 heterocycles. The fourth-order valence-corrected chi connectivity index (χ4v) is 1.93. The lowest BCUT2D eigenvalue weighted by atomic mass is 9.86. The molecule has 0 N–H and O–H groups in total. The molecule has 0 atom stereocenters. The van der Waals surface area contributed by atoms with E-state index in [9.17, 15) is 18.4 Å². The molecule has 120 valence electrons. The van der Waals surface area contributed by atoms with Crippen molar-refractivity contribution in [1.82, 2.24) is 4.98 Å². The molecule has 2 rings (SSSR count). The standard InChI is InChI=1S/C17H15F3N2O/c1-16(2,3)12-4-5-14(11(8-12)10-21)23-13-6-7-22-15(9-13)17(18,19)20/h4-9H,1-3H3. The summed E-state index contributed by atoms with van der Waals surface area (Å²) in [4.78, 5) is 3.27. The lowest BCUT2D eigenvalue weighted by Crippen LogP contribution is -2.11. The van der Waals surface area contributed by atoms with Gasteiger partial charge in [0.2, 0.25) is 0 Å². The van der Waals surface area contributed by atoms with Gasteiger partial charge in [0.1, 0.15) is 23.3 Å². The van der Waals surface area contributed by atoms with Gasteiger partial charge in [-0.1, -0.05) is 26.8 Å². The number of ether oxygens (including phenoxy) is 1. The molecule has 1 aromatic carbocycles. The molecule has 6 heteroatoms. The lowest BCUT2D eigenvalue weighted by Gasteiger charge is -2.20. The molecule has 0 aliphatic rings. The van der Waals surface area contributed by atoms with Gasteiger partial charge in [-0.2, -0.15) is 18.4 Å². The second-order valence-corrected chi connectivity index (χ2v) is 6.05. The average molecular weight is 320 g/mol. The first-order valence-electron chi connectivity index (χ1n) is 6.87. The highest BCUT2D eigenvalue weighted by molar-refractivity contribution is 5.48. The predicted molar refractivity (Wildman–Crippen MR) is 79.2 cm³/mol. The highest BCUT2D eigenvalue weighted by atomic mass is 19.4. The van der Waals surface area contributed by atoms with Crippen LogP contribution >= 0.6 is 0 Å². The number of aromatic nitrogens is 1. The van der Waals surface area contributed by atoms with Crippen LogP contribution in [-0.4, -0.2) is 4.98 Å². The van der Waals surface area contributed by atoms with E-state index in [0.29, 0.717) is 0 Å². The zero-order valence-electron chi connectivity index (χ0n) is 12.9. The van der Waals surface area contributed by atoms with Gasteiger partial charge in [0, 0.05) is 12.3 Å². The Morgan fingerprint density at radius 3 is 2.35 bits per heavy atom. The summed E-state index contributed by atoms with van der Waals surface area (Å²) in [6, 6.07) is 9.19. The molecule has 0 aliphatic heterocycles. The summed E-state index contributed by atoms with van der Waals surface area (Å²) in [6.07, 6.45) is -3.53. The molecule has 0 unspecified atom stereocenters. The van der Waals surface area contributed by atoms with Crippen molar-refractivity contribution in [2.24, 2.45) is 0 Å². The maximum absolute atomic E-state index is 12.7. The first-order valence-corrected chi connectivity index (χ1v) is 6.87. The number of nitriles is 1. The van der Waals surface area contributed by atoms with Gasteiger partial charge < -0.3 is 4.74 Å². The second kappa shape index (κ2) is 5.92. The molecule has 2 aromatic rings. The van der Waals surface area contributed by atoms with Crippen LogP contribution in [0.25, 0.3) is 0 Å². The van der Waals surface area contributed by atoms with Gasteiger partial charge in [-0.15, -0.1) is 0 Å². The van der Waals surface area contributed by atoms with E-state index < -0.39 is 11.9 Å². The van der Waals surface area contributed by atoms with Gasteiger partial charge in [0.05, 0.1) is 5.56 Å². The molecule has 1 aromatic heterocycles. The number of rotatable bonds is 2. The van der Waals surface area contributed by atoms with Crippen LogP contribution in [0.4, 0.5) is 13.2 Å². The fraction of sp³-hybridized carbons (Fsp3) is 0.294. The third kappa shape index (κ3) is 4.01. The molecular formula is C17H15F3N2O. The van der Waals surface area contributed by atoms with Crippen LogP contribution in [0.1, 0.15) is 37.6 Å². The Morgan fingerprint density at radius 1 is 1.09 bits per heavy atom. The van der Waals surface area contributed by atoms with Crippen molar-refractivity contribution in [2.75, 3.05) is 0 Å². The summed E-state index contributed by atoms with van der Waals surface area (Å²) in [5.74, 6) is 0.187. The summed E-state index contributed by atoms with van der Waals surface area (Å²) < 4.78 is 43.4. The van der Waals surface area contributed by atoms with Crippen molar-refractivity contribution in [3.8, 4) is 17.6 Å². The maximum atomic E-state index is 12.7. The first-order chi connectivity index (χ1) is 10.6. The Hall–Kier alpha value is -2.55. The zero-order valence-corrected chi connectivity index (χ0v) is 12.9. The summed E-state index contributed by atoms with van der Waals surface area (Å²) in [6.45, 7) is 6.01. The number of nitrogens with zero attached hydrogens (tertiary/aromatic N) is 2. The third-order valence-electron chi connectivity index (χ3n) is 3.22. The van der Waals surface area contributed by atoms with Crippen molar-refractivity contribution in [3.05, 3.63) is 53.3 Å². The average Bonchev–Trinajstić information content (AvgIpc) is 2.46. The summed E-state index contributed by atoms with van der Waals surface area (Å²) in [7, 11) is 0. The quantitative estimate of drug-likeness (QED) is 0.777. The Morgan fingerprint density at radius 2 is 1.78 bits per heavy atom. The maximum Gasteiger partial charge on any atom is 0.433 e. The predicted octanol–water partition coefficient (Wildman–Crippen LogP) is 5.06. The third-order valence-corrected chi connectivity index (χ3v) is 3.22. The number of hydrogen-bond donors (Lipinski definition) is 0. The largest absolute Gasteiger partial charge is 0.456 e. The van der Waals surface area contributed by atoms with E-state index in [1.54, 1.807) is 18.2 Å². The van der Waals surface area contributed by atoms with Crippen molar-refractivity contribution < 1.29 is 17.9 Å². The van der Waals surface area contributed by atoms with Gasteiger partial charge in [-0.25, -0.2) is 0 Å². The molecule has 0 radical (unpaired) electrons. The van der Waals surface area contributed by atoms with Gasteiger partial charge >= 0.3 is 6.18 Å². The van der Waals surface area contributed by atoms with E-state index in [2.05, 4.69) is 4.98 Å². The Kier molecular flexibility index (Phi) is 4.33. The van der Waals surface area contributed by atoms with Crippen LogP contribution in [0.2, 0.25) is 0 Å². The van der Waals surface area contributed by atoms with Crippen LogP contribution in [0.5, 0.6) is 11.5 Å². The smallest absolute Gasteiger partial charge is 0.433 e. The Labute approximate surface area is 132 Å². The van der Waals surface area contributed by atoms with E-state index >= 15 is 0 Å². The van der Waals surface area contributed by atoms with Crippen molar-refractivity contribution in [3.63, 3.8) is 0 Å². The Bertz CT molecular complexity index is 756. The van der Waals surface area contributed by atoms with E-state index in [-0.39, 0.29) is 22.5 Å². The van der Waals surface area contributed by atoms with E-state index in [1.807, 2.05) is 26.8 Å². The number of benzene rings is 1. The molecule has 0 spiro atoms. The number of pyridine rings is 1. The molecule has 0 saturated heterocycles.